The SMILES string of the molecule is CC.COc1ccc(-c2nc(N3CCN(CCO)CC3)nc3nc[nH]c23)cc1. The van der Waals surface area contributed by atoms with Crippen LogP contribution in [-0.2, 0) is 0 Å². The van der Waals surface area contributed by atoms with Gasteiger partial charge in [0.2, 0.25) is 5.95 Å². The lowest BCUT2D eigenvalue weighted by molar-refractivity contribution is 0.188. The first-order valence-corrected chi connectivity index (χ1v) is 9.72. The van der Waals surface area contributed by atoms with E-state index in [0.29, 0.717) is 18.1 Å². The Balaban J connectivity index is 0.00000109. The zero-order chi connectivity index (χ0) is 19.9. The van der Waals surface area contributed by atoms with E-state index < -0.39 is 0 Å². The van der Waals surface area contributed by atoms with Crippen LogP contribution in [0.2, 0.25) is 0 Å². The molecule has 0 spiro atoms. The fourth-order valence-electron chi connectivity index (χ4n) is 3.23. The molecule has 2 N–H and O–H groups in total. The van der Waals surface area contributed by atoms with Gasteiger partial charge in [0.15, 0.2) is 5.65 Å². The molecule has 1 aliphatic heterocycles. The minimum Gasteiger partial charge on any atom is -0.497 e. The molecule has 3 heterocycles. The van der Waals surface area contributed by atoms with Crippen LogP contribution in [0.15, 0.2) is 30.6 Å². The molecule has 8 heteroatoms. The van der Waals surface area contributed by atoms with E-state index in [1.54, 1.807) is 13.4 Å². The average Bonchev–Trinajstić information content (AvgIpc) is 3.24. The van der Waals surface area contributed by atoms with Gasteiger partial charge in [-0.15, -0.1) is 0 Å². The molecule has 4 rings (SSSR count). The number of hydrogen-bond donors (Lipinski definition) is 2. The zero-order valence-electron chi connectivity index (χ0n) is 16.7. The third kappa shape index (κ3) is 4.23. The number of ether oxygens (including phenoxy) is 1. The molecule has 1 fully saturated rings. The summed E-state index contributed by atoms with van der Waals surface area (Å²) in [5, 5.41) is 9.10. The normalized spacial score (nSPS) is 14.6. The van der Waals surface area contributed by atoms with E-state index in [2.05, 4.69) is 24.8 Å². The van der Waals surface area contributed by atoms with Crippen molar-refractivity contribution in [3.8, 4) is 17.0 Å². The summed E-state index contributed by atoms with van der Waals surface area (Å²) >= 11 is 0. The standard InChI is InChI=1S/C18H22N6O2.C2H6/c1-26-14-4-2-13(3-5-14)15-16-17(20-12-19-16)22-18(21-15)24-8-6-23(7-9-24)10-11-25;1-2/h2-5,12,25H,6-11H2,1H3,(H,19,20,21,22);1-2H3. The van der Waals surface area contributed by atoms with E-state index in [0.717, 1.165) is 48.7 Å². The van der Waals surface area contributed by atoms with E-state index in [1.165, 1.54) is 0 Å². The number of imidazole rings is 1. The number of hydrogen-bond acceptors (Lipinski definition) is 7. The smallest absolute Gasteiger partial charge is 0.228 e. The molecule has 0 bridgehead atoms. The Labute approximate surface area is 165 Å². The number of aliphatic hydroxyl groups is 1. The quantitative estimate of drug-likeness (QED) is 0.697. The highest BCUT2D eigenvalue weighted by molar-refractivity contribution is 5.88. The largest absolute Gasteiger partial charge is 0.497 e. The number of piperazine rings is 1. The molecule has 1 aromatic carbocycles. The first-order valence-electron chi connectivity index (χ1n) is 9.72. The van der Waals surface area contributed by atoms with Crippen molar-refractivity contribution >= 4 is 17.1 Å². The highest BCUT2D eigenvalue weighted by atomic mass is 16.5. The molecule has 0 aliphatic carbocycles. The molecule has 1 saturated heterocycles. The summed E-state index contributed by atoms with van der Waals surface area (Å²) in [6, 6.07) is 7.83. The van der Waals surface area contributed by atoms with Gasteiger partial charge in [0.25, 0.3) is 0 Å². The summed E-state index contributed by atoms with van der Waals surface area (Å²) in [5.41, 5.74) is 3.32. The lowest BCUT2D eigenvalue weighted by Gasteiger charge is -2.34. The second kappa shape index (κ2) is 9.48. The van der Waals surface area contributed by atoms with Crippen molar-refractivity contribution in [3.05, 3.63) is 30.6 Å². The number of fused-ring (bicyclic) bond motifs is 1. The lowest BCUT2D eigenvalue weighted by Crippen LogP contribution is -2.47. The monoisotopic (exact) mass is 384 g/mol. The number of methoxy groups -OCH3 is 1. The van der Waals surface area contributed by atoms with Crippen LogP contribution in [0.1, 0.15) is 13.8 Å². The Morgan fingerprint density at radius 1 is 1.07 bits per heavy atom. The van der Waals surface area contributed by atoms with Crippen molar-refractivity contribution < 1.29 is 9.84 Å². The van der Waals surface area contributed by atoms with Gasteiger partial charge in [-0.3, -0.25) is 4.90 Å². The molecular formula is C20H28N6O2. The van der Waals surface area contributed by atoms with Gasteiger partial charge in [-0.1, -0.05) is 13.8 Å². The lowest BCUT2D eigenvalue weighted by atomic mass is 10.1. The van der Waals surface area contributed by atoms with Crippen LogP contribution in [0.25, 0.3) is 22.4 Å². The molecule has 0 saturated carbocycles. The summed E-state index contributed by atoms with van der Waals surface area (Å²) in [7, 11) is 1.65. The van der Waals surface area contributed by atoms with Gasteiger partial charge in [-0.05, 0) is 24.3 Å². The third-order valence-corrected chi connectivity index (χ3v) is 4.71. The second-order valence-electron chi connectivity index (χ2n) is 6.25. The molecular weight excluding hydrogens is 356 g/mol. The van der Waals surface area contributed by atoms with Crippen molar-refractivity contribution in [1.29, 1.82) is 0 Å². The summed E-state index contributed by atoms with van der Waals surface area (Å²) in [6.07, 6.45) is 1.65. The number of aromatic amines is 1. The van der Waals surface area contributed by atoms with E-state index in [-0.39, 0.29) is 6.61 Å². The van der Waals surface area contributed by atoms with Gasteiger partial charge in [-0.2, -0.15) is 4.98 Å². The Morgan fingerprint density at radius 2 is 1.79 bits per heavy atom. The molecule has 0 unspecified atom stereocenters. The number of aliphatic hydroxyl groups excluding tert-OH is 1. The van der Waals surface area contributed by atoms with Crippen LogP contribution in [0, 0.1) is 0 Å². The number of anilines is 1. The van der Waals surface area contributed by atoms with Crippen molar-refractivity contribution in [2.45, 2.75) is 13.8 Å². The Kier molecular flexibility index (Phi) is 6.78. The summed E-state index contributed by atoms with van der Waals surface area (Å²) in [6.45, 7) is 8.35. The Bertz CT molecular complexity index is 872. The summed E-state index contributed by atoms with van der Waals surface area (Å²) < 4.78 is 5.24. The number of nitrogens with one attached hydrogen (secondary N) is 1. The highest BCUT2D eigenvalue weighted by Crippen LogP contribution is 2.28. The first-order chi connectivity index (χ1) is 13.8. The van der Waals surface area contributed by atoms with E-state index >= 15 is 0 Å². The molecule has 2 aromatic heterocycles. The average molecular weight is 384 g/mol. The Hall–Kier alpha value is -2.71. The van der Waals surface area contributed by atoms with Crippen molar-refractivity contribution in [3.63, 3.8) is 0 Å². The van der Waals surface area contributed by atoms with E-state index in [9.17, 15) is 0 Å². The first kappa shape index (κ1) is 20.0. The minimum absolute atomic E-state index is 0.192. The van der Waals surface area contributed by atoms with Gasteiger partial charge in [0.1, 0.15) is 17.0 Å². The van der Waals surface area contributed by atoms with Crippen LogP contribution < -0.4 is 9.64 Å². The third-order valence-electron chi connectivity index (χ3n) is 4.71. The molecule has 150 valence electrons. The summed E-state index contributed by atoms with van der Waals surface area (Å²) in [4.78, 5) is 21.4. The predicted octanol–water partition coefficient (Wildman–Crippen LogP) is 2.17. The zero-order valence-corrected chi connectivity index (χ0v) is 16.7. The fourth-order valence-corrected chi connectivity index (χ4v) is 3.23. The fraction of sp³-hybridized carbons (Fsp3) is 0.450. The number of aromatic nitrogens is 4. The highest BCUT2D eigenvalue weighted by Gasteiger charge is 2.21. The van der Waals surface area contributed by atoms with Gasteiger partial charge < -0.3 is 19.7 Å². The van der Waals surface area contributed by atoms with Crippen molar-refractivity contribution in [1.82, 2.24) is 24.8 Å². The molecule has 0 amide bonds. The number of benzene rings is 1. The van der Waals surface area contributed by atoms with E-state index in [1.807, 2.05) is 38.1 Å². The predicted molar refractivity (Wildman–Crippen MR) is 111 cm³/mol. The van der Waals surface area contributed by atoms with Crippen LogP contribution in [0.3, 0.4) is 0 Å². The number of nitrogens with zero attached hydrogens (tertiary/aromatic N) is 5. The molecule has 8 nitrogen and oxygen atoms in total. The Morgan fingerprint density at radius 3 is 2.43 bits per heavy atom. The van der Waals surface area contributed by atoms with Crippen LogP contribution in [-0.4, -0.2) is 76.4 Å². The van der Waals surface area contributed by atoms with Crippen molar-refractivity contribution in [2.24, 2.45) is 0 Å². The maximum atomic E-state index is 9.10. The molecule has 1 aliphatic rings. The van der Waals surface area contributed by atoms with E-state index in [4.69, 9.17) is 14.8 Å². The van der Waals surface area contributed by atoms with Gasteiger partial charge in [0, 0.05) is 38.3 Å². The van der Waals surface area contributed by atoms with Crippen molar-refractivity contribution in [2.75, 3.05) is 51.3 Å². The second-order valence-corrected chi connectivity index (χ2v) is 6.25. The van der Waals surface area contributed by atoms with Gasteiger partial charge in [0.05, 0.1) is 20.0 Å². The van der Waals surface area contributed by atoms with Crippen LogP contribution in [0.5, 0.6) is 5.75 Å². The van der Waals surface area contributed by atoms with Gasteiger partial charge >= 0.3 is 0 Å². The van der Waals surface area contributed by atoms with Crippen LogP contribution in [0.4, 0.5) is 5.95 Å². The van der Waals surface area contributed by atoms with Gasteiger partial charge in [-0.25, -0.2) is 9.97 Å². The molecule has 3 aromatic rings. The maximum absolute atomic E-state index is 9.10. The topological polar surface area (TPSA) is 90.4 Å². The summed E-state index contributed by atoms with van der Waals surface area (Å²) in [5.74, 6) is 1.50. The molecule has 28 heavy (non-hydrogen) atoms. The molecule has 0 atom stereocenters. The minimum atomic E-state index is 0.192. The number of β-amino-alcohol motifs (C(OH)–C–C–N with tert-alkyl or cyclic N) is 1. The molecule has 0 radical (unpaired) electrons. The van der Waals surface area contributed by atoms with Crippen LogP contribution >= 0.6 is 0 Å². The maximum Gasteiger partial charge on any atom is 0.228 e. The number of rotatable bonds is 5. The number of H-pyrrole nitrogens is 1.